The molecule has 2 bridgehead atoms. The third-order valence-corrected chi connectivity index (χ3v) is 9.45. The minimum Gasteiger partial charge on any atom is -0.488 e. The summed E-state index contributed by atoms with van der Waals surface area (Å²) in [6.45, 7) is -0.0481. The van der Waals surface area contributed by atoms with Crippen molar-refractivity contribution in [2.75, 3.05) is 19.7 Å². The molecule has 2 atom stereocenters. The Bertz CT molecular complexity index is 1770. The summed E-state index contributed by atoms with van der Waals surface area (Å²) in [5.41, 5.74) is 3.24. The molecule has 48 heavy (non-hydrogen) atoms. The van der Waals surface area contributed by atoms with E-state index in [-0.39, 0.29) is 50.2 Å². The zero-order valence-corrected chi connectivity index (χ0v) is 26.5. The van der Waals surface area contributed by atoms with E-state index in [1.807, 2.05) is 36.4 Å². The number of fused-ring (bicyclic) bond motifs is 2. The molecular weight excluding hydrogens is 651 g/mol. The van der Waals surface area contributed by atoms with E-state index in [1.165, 1.54) is 9.80 Å². The molecule has 13 heteroatoms. The van der Waals surface area contributed by atoms with Crippen molar-refractivity contribution in [3.05, 3.63) is 105 Å². The summed E-state index contributed by atoms with van der Waals surface area (Å²) in [6, 6.07) is 14.3. The van der Waals surface area contributed by atoms with E-state index in [0.29, 0.717) is 35.1 Å². The first-order valence-corrected chi connectivity index (χ1v) is 16.0. The molecule has 2 unspecified atom stereocenters. The molecule has 3 aliphatic rings. The molecule has 2 N–H and O–H groups in total. The summed E-state index contributed by atoms with van der Waals surface area (Å²) >= 11 is 6.46. The van der Waals surface area contributed by atoms with Crippen LogP contribution < -0.4 is 4.74 Å². The Hall–Kier alpha value is -4.71. The van der Waals surface area contributed by atoms with Gasteiger partial charge in [0.2, 0.25) is 5.82 Å². The van der Waals surface area contributed by atoms with Crippen LogP contribution in [0.2, 0.25) is 5.02 Å². The molecule has 1 aliphatic carbocycles. The number of carboxylic acid groups (broad SMARTS) is 2. The van der Waals surface area contributed by atoms with Crippen LogP contribution in [-0.2, 0) is 17.8 Å². The molecule has 6 rings (SSSR count). The third-order valence-electron chi connectivity index (χ3n) is 9.08. The zero-order chi connectivity index (χ0) is 34.1. The van der Waals surface area contributed by atoms with Crippen LogP contribution in [0.5, 0.6) is 5.75 Å². The van der Waals surface area contributed by atoms with Gasteiger partial charge < -0.3 is 24.7 Å². The summed E-state index contributed by atoms with van der Waals surface area (Å²) in [7, 11) is 0. The average Bonchev–Trinajstić information content (AvgIpc) is 3.90. The van der Waals surface area contributed by atoms with Crippen LogP contribution >= 0.6 is 11.6 Å². The van der Waals surface area contributed by atoms with Crippen LogP contribution in [0.4, 0.5) is 22.8 Å². The van der Waals surface area contributed by atoms with E-state index in [1.54, 1.807) is 17.0 Å². The maximum atomic E-state index is 14.6. The number of aryl methyl sites for hydroxylation is 1. The van der Waals surface area contributed by atoms with Crippen molar-refractivity contribution in [1.82, 2.24) is 14.7 Å². The van der Waals surface area contributed by atoms with Crippen molar-refractivity contribution in [1.29, 1.82) is 0 Å². The summed E-state index contributed by atoms with van der Waals surface area (Å²) in [5, 5.41) is 20.6. The van der Waals surface area contributed by atoms with E-state index in [0.717, 1.165) is 30.0 Å². The minimum absolute atomic E-state index is 0.0281. The highest BCUT2D eigenvalue weighted by Crippen LogP contribution is 2.41. The topological polar surface area (TPSA) is 111 Å². The predicted octanol–water partition coefficient (Wildman–Crippen LogP) is 6.83. The lowest BCUT2D eigenvalue weighted by Crippen LogP contribution is -2.65. The highest BCUT2D eigenvalue weighted by Gasteiger charge is 2.49. The van der Waals surface area contributed by atoms with Gasteiger partial charge in [-0.2, -0.15) is 4.39 Å². The van der Waals surface area contributed by atoms with Crippen LogP contribution in [0.25, 0.3) is 5.57 Å². The Morgan fingerprint density at radius 3 is 2.29 bits per heavy atom. The number of piperazine rings is 1. The number of hydrogen-bond acceptors (Lipinski definition) is 4. The molecule has 3 amide bonds. The van der Waals surface area contributed by atoms with Crippen LogP contribution in [0, 0.1) is 17.5 Å². The van der Waals surface area contributed by atoms with Gasteiger partial charge >= 0.3 is 12.2 Å². The second-order valence-corrected chi connectivity index (χ2v) is 12.6. The van der Waals surface area contributed by atoms with Crippen molar-refractivity contribution in [2.45, 2.75) is 56.8 Å². The Balaban J connectivity index is 1.29. The lowest BCUT2D eigenvalue weighted by atomic mass is 9.81. The number of carbonyl (C=O) groups excluding carboxylic acids is 1. The van der Waals surface area contributed by atoms with E-state index < -0.39 is 47.5 Å². The van der Waals surface area contributed by atoms with Crippen molar-refractivity contribution in [2.24, 2.45) is 0 Å². The molecule has 0 spiro atoms. The van der Waals surface area contributed by atoms with Gasteiger partial charge in [-0.3, -0.25) is 9.69 Å². The van der Waals surface area contributed by atoms with Crippen LogP contribution in [0.15, 0.2) is 66.2 Å². The summed E-state index contributed by atoms with van der Waals surface area (Å²) in [6.07, 6.45) is 0.150. The fourth-order valence-corrected chi connectivity index (χ4v) is 6.78. The predicted molar refractivity (Wildman–Crippen MR) is 170 cm³/mol. The molecule has 3 aromatic carbocycles. The maximum Gasteiger partial charge on any atom is 0.408 e. The van der Waals surface area contributed by atoms with Crippen molar-refractivity contribution in [3.63, 3.8) is 0 Å². The Morgan fingerprint density at radius 1 is 0.917 bits per heavy atom. The van der Waals surface area contributed by atoms with Gasteiger partial charge in [-0.05, 0) is 72.6 Å². The SMILES string of the molecule is O=C(O)N1CC2CC(c3ccc(CCCOc4c(F)ccc(F)c4F)cc3)=C(C(=O)N(Cc3ccccc3Cl)C3CC3)C(C1)N2C(=O)O. The summed E-state index contributed by atoms with van der Waals surface area (Å²) in [5.74, 6) is -4.69. The standard InChI is InChI=1S/C35H33ClF3N3O6/c36-26-6-2-1-5-22(26)17-41(23-11-12-23)33(43)30-25(16-24-18-40(34(44)45)19-29(30)42(24)35(46)47)21-9-7-20(8-10-21)4-3-15-48-32-28(38)14-13-27(37)31(32)39/h1-2,5-10,13-14,23-24,29H,3-4,11-12,15-19H2,(H,44,45)(H,46,47). The number of hydrogen-bond donors (Lipinski definition) is 2. The molecule has 1 saturated heterocycles. The number of rotatable bonds is 10. The number of amides is 3. The Morgan fingerprint density at radius 2 is 1.62 bits per heavy atom. The van der Waals surface area contributed by atoms with E-state index in [4.69, 9.17) is 16.3 Å². The highest BCUT2D eigenvalue weighted by atomic mass is 35.5. The Kier molecular flexibility index (Phi) is 9.54. The number of benzene rings is 3. The molecule has 2 fully saturated rings. The van der Waals surface area contributed by atoms with Gasteiger partial charge in [0.25, 0.3) is 5.91 Å². The first-order chi connectivity index (χ1) is 23.0. The number of halogens is 4. The van der Waals surface area contributed by atoms with Crippen LogP contribution in [0.1, 0.15) is 42.4 Å². The monoisotopic (exact) mass is 683 g/mol. The van der Waals surface area contributed by atoms with Gasteiger partial charge in [0.1, 0.15) is 0 Å². The number of nitrogens with zero attached hydrogens (tertiary/aromatic N) is 3. The van der Waals surface area contributed by atoms with Crippen molar-refractivity contribution in [3.8, 4) is 5.75 Å². The molecule has 3 aromatic rings. The van der Waals surface area contributed by atoms with Gasteiger partial charge in [-0.1, -0.05) is 54.1 Å². The van der Waals surface area contributed by atoms with E-state index in [2.05, 4.69) is 0 Å². The van der Waals surface area contributed by atoms with E-state index in [9.17, 15) is 37.8 Å². The second kappa shape index (κ2) is 13.8. The summed E-state index contributed by atoms with van der Waals surface area (Å²) in [4.78, 5) is 43.3. The number of carbonyl (C=O) groups is 3. The molecule has 0 radical (unpaired) electrons. The molecule has 9 nitrogen and oxygen atoms in total. The van der Waals surface area contributed by atoms with Gasteiger partial charge in [0, 0.05) is 36.3 Å². The molecule has 2 aliphatic heterocycles. The fourth-order valence-electron chi connectivity index (χ4n) is 6.58. The molecular formula is C35H33ClF3N3O6. The van der Waals surface area contributed by atoms with Gasteiger partial charge in [0.05, 0.1) is 18.7 Å². The fraction of sp³-hybridized carbons (Fsp3) is 0.343. The smallest absolute Gasteiger partial charge is 0.408 e. The van der Waals surface area contributed by atoms with Crippen molar-refractivity contribution >= 4 is 35.3 Å². The lowest BCUT2D eigenvalue weighted by molar-refractivity contribution is -0.129. The molecule has 0 aromatic heterocycles. The Labute approximate surface area is 279 Å². The molecule has 2 heterocycles. The van der Waals surface area contributed by atoms with Gasteiger partial charge in [-0.25, -0.2) is 18.4 Å². The third kappa shape index (κ3) is 6.80. The summed E-state index contributed by atoms with van der Waals surface area (Å²) < 4.78 is 46.5. The van der Waals surface area contributed by atoms with Gasteiger partial charge in [-0.15, -0.1) is 0 Å². The first-order valence-electron chi connectivity index (χ1n) is 15.7. The van der Waals surface area contributed by atoms with Crippen molar-refractivity contribution < 1.29 is 42.5 Å². The quantitative estimate of drug-likeness (QED) is 0.179. The number of ether oxygens (including phenoxy) is 1. The molecule has 252 valence electrons. The van der Waals surface area contributed by atoms with E-state index >= 15 is 0 Å². The highest BCUT2D eigenvalue weighted by molar-refractivity contribution is 6.31. The largest absolute Gasteiger partial charge is 0.488 e. The van der Waals surface area contributed by atoms with Crippen LogP contribution in [-0.4, -0.2) is 80.8 Å². The lowest BCUT2D eigenvalue weighted by Gasteiger charge is -2.49. The average molecular weight is 684 g/mol. The normalized spacial score (nSPS) is 18.9. The second-order valence-electron chi connectivity index (χ2n) is 12.2. The van der Waals surface area contributed by atoms with Crippen LogP contribution in [0.3, 0.4) is 0 Å². The zero-order valence-electron chi connectivity index (χ0n) is 25.8. The van der Waals surface area contributed by atoms with Gasteiger partial charge in [0.15, 0.2) is 17.4 Å². The minimum atomic E-state index is -1.38. The molecule has 1 saturated carbocycles. The first kappa shape index (κ1) is 33.2. The maximum absolute atomic E-state index is 14.6.